The van der Waals surface area contributed by atoms with Crippen LogP contribution in [-0.2, 0) is 11.2 Å². The largest absolute Gasteiger partial charge is 0.416 e. The minimum atomic E-state index is -0.154. The summed E-state index contributed by atoms with van der Waals surface area (Å²) in [6.07, 6.45) is 0.572. The topological polar surface area (TPSA) is 68.0 Å². The van der Waals surface area contributed by atoms with Gasteiger partial charge in [0.1, 0.15) is 0 Å². The molecule has 1 heterocycles. The normalized spacial score (nSPS) is 10.6. The summed E-state index contributed by atoms with van der Waals surface area (Å²) in [6.45, 7) is 1.86. The SMILES string of the molecule is Cc1c(Cl)cccc1NC(=O)CSc1nnc(Cc2ccccc2)o1. The maximum atomic E-state index is 12.1. The maximum Gasteiger partial charge on any atom is 0.277 e. The molecule has 25 heavy (non-hydrogen) atoms. The van der Waals surface area contributed by atoms with E-state index in [1.807, 2.05) is 43.3 Å². The number of rotatable bonds is 6. The molecule has 2 aromatic carbocycles. The monoisotopic (exact) mass is 373 g/mol. The van der Waals surface area contributed by atoms with Crippen LogP contribution in [0, 0.1) is 6.92 Å². The second kappa shape index (κ2) is 8.18. The second-order valence-electron chi connectivity index (χ2n) is 5.37. The van der Waals surface area contributed by atoms with Crippen molar-refractivity contribution in [1.29, 1.82) is 0 Å². The highest BCUT2D eigenvalue weighted by molar-refractivity contribution is 7.99. The van der Waals surface area contributed by atoms with Crippen molar-refractivity contribution in [2.24, 2.45) is 0 Å². The third-order valence-electron chi connectivity index (χ3n) is 3.52. The molecule has 3 aromatic rings. The van der Waals surface area contributed by atoms with E-state index in [-0.39, 0.29) is 11.7 Å². The Balaban J connectivity index is 1.53. The third-order valence-corrected chi connectivity index (χ3v) is 4.74. The molecular weight excluding hydrogens is 358 g/mol. The number of aromatic nitrogens is 2. The van der Waals surface area contributed by atoms with E-state index in [1.54, 1.807) is 12.1 Å². The smallest absolute Gasteiger partial charge is 0.277 e. The van der Waals surface area contributed by atoms with Crippen molar-refractivity contribution in [3.05, 3.63) is 70.6 Å². The zero-order valence-corrected chi connectivity index (χ0v) is 15.1. The summed E-state index contributed by atoms with van der Waals surface area (Å²) >= 11 is 7.25. The summed E-state index contributed by atoms with van der Waals surface area (Å²) in [7, 11) is 0. The molecule has 7 heteroatoms. The molecule has 0 radical (unpaired) electrons. The quantitative estimate of drug-likeness (QED) is 0.650. The molecule has 1 amide bonds. The molecular formula is C18H16ClN3O2S. The van der Waals surface area contributed by atoms with Gasteiger partial charge in [0.25, 0.3) is 5.22 Å². The number of thioether (sulfide) groups is 1. The summed E-state index contributed by atoms with van der Waals surface area (Å²) < 4.78 is 5.57. The average Bonchev–Trinajstić information content (AvgIpc) is 3.05. The van der Waals surface area contributed by atoms with Gasteiger partial charge in [-0.05, 0) is 30.2 Å². The van der Waals surface area contributed by atoms with Crippen LogP contribution in [0.25, 0.3) is 0 Å². The van der Waals surface area contributed by atoms with E-state index in [0.717, 1.165) is 11.1 Å². The lowest BCUT2D eigenvalue weighted by Gasteiger charge is -2.08. The van der Waals surface area contributed by atoms with Crippen molar-refractivity contribution >= 4 is 35.0 Å². The Morgan fingerprint density at radius 2 is 1.96 bits per heavy atom. The molecule has 0 atom stereocenters. The van der Waals surface area contributed by atoms with Crippen molar-refractivity contribution in [3.8, 4) is 0 Å². The minimum Gasteiger partial charge on any atom is -0.416 e. The zero-order chi connectivity index (χ0) is 17.6. The highest BCUT2D eigenvalue weighted by Gasteiger charge is 2.11. The van der Waals surface area contributed by atoms with Gasteiger partial charge in [0.2, 0.25) is 11.8 Å². The molecule has 1 N–H and O–H groups in total. The first kappa shape index (κ1) is 17.5. The van der Waals surface area contributed by atoms with Gasteiger partial charge in [-0.15, -0.1) is 10.2 Å². The molecule has 128 valence electrons. The highest BCUT2D eigenvalue weighted by atomic mass is 35.5. The highest BCUT2D eigenvalue weighted by Crippen LogP contribution is 2.24. The number of anilines is 1. The molecule has 0 unspecified atom stereocenters. The third kappa shape index (κ3) is 4.84. The van der Waals surface area contributed by atoms with E-state index >= 15 is 0 Å². The van der Waals surface area contributed by atoms with Gasteiger partial charge in [0, 0.05) is 10.7 Å². The molecule has 0 saturated carbocycles. The molecule has 0 aliphatic carbocycles. The Labute approximate surface area is 154 Å². The predicted molar refractivity (Wildman–Crippen MR) is 99.1 cm³/mol. The fourth-order valence-electron chi connectivity index (χ4n) is 2.19. The standard InChI is InChI=1S/C18H16ClN3O2S/c1-12-14(19)8-5-9-15(12)20-16(23)11-25-18-22-21-17(24-18)10-13-6-3-2-4-7-13/h2-9H,10-11H2,1H3,(H,20,23). The van der Waals surface area contributed by atoms with Gasteiger partial charge in [-0.2, -0.15) is 0 Å². The van der Waals surface area contributed by atoms with Gasteiger partial charge in [-0.25, -0.2) is 0 Å². The second-order valence-corrected chi connectivity index (χ2v) is 6.71. The molecule has 3 rings (SSSR count). The van der Waals surface area contributed by atoms with Crippen LogP contribution >= 0.6 is 23.4 Å². The number of hydrogen-bond acceptors (Lipinski definition) is 5. The van der Waals surface area contributed by atoms with Crippen LogP contribution in [-0.4, -0.2) is 21.9 Å². The fraction of sp³-hybridized carbons (Fsp3) is 0.167. The van der Waals surface area contributed by atoms with Crippen molar-refractivity contribution in [2.45, 2.75) is 18.6 Å². The van der Waals surface area contributed by atoms with Gasteiger partial charge in [-0.3, -0.25) is 4.79 Å². The Bertz CT molecular complexity index is 868. The molecule has 0 fully saturated rings. The van der Waals surface area contributed by atoms with Crippen molar-refractivity contribution in [2.75, 3.05) is 11.1 Å². The van der Waals surface area contributed by atoms with E-state index in [2.05, 4.69) is 15.5 Å². The van der Waals surface area contributed by atoms with Gasteiger partial charge in [-0.1, -0.05) is 59.8 Å². The van der Waals surface area contributed by atoms with Gasteiger partial charge in [0.15, 0.2) is 0 Å². The molecule has 0 bridgehead atoms. The Morgan fingerprint density at radius 3 is 2.76 bits per heavy atom. The van der Waals surface area contributed by atoms with E-state index in [1.165, 1.54) is 11.8 Å². The molecule has 0 spiro atoms. The summed E-state index contributed by atoms with van der Waals surface area (Å²) in [4.78, 5) is 12.1. The number of nitrogens with zero attached hydrogens (tertiary/aromatic N) is 2. The first-order valence-electron chi connectivity index (χ1n) is 7.66. The number of carbonyl (C=O) groups excluding carboxylic acids is 1. The molecule has 1 aromatic heterocycles. The van der Waals surface area contributed by atoms with Crippen LogP contribution in [0.1, 0.15) is 17.0 Å². The van der Waals surface area contributed by atoms with Crippen LogP contribution < -0.4 is 5.32 Å². The molecule has 0 saturated heterocycles. The van der Waals surface area contributed by atoms with Crippen molar-refractivity contribution < 1.29 is 9.21 Å². The maximum absolute atomic E-state index is 12.1. The van der Waals surface area contributed by atoms with Crippen LogP contribution in [0.3, 0.4) is 0 Å². The number of benzene rings is 2. The lowest BCUT2D eigenvalue weighted by atomic mass is 10.2. The Morgan fingerprint density at radius 1 is 1.16 bits per heavy atom. The lowest BCUT2D eigenvalue weighted by Crippen LogP contribution is -2.14. The number of nitrogens with one attached hydrogen (secondary N) is 1. The van der Waals surface area contributed by atoms with Gasteiger partial charge in [0.05, 0.1) is 12.2 Å². The Hall–Kier alpha value is -2.31. The lowest BCUT2D eigenvalue weighted by molar-refractivity contribution is -0.113. The predicted octanol–water partition coefficient (Wildman–Crippen LogP) is 4.35. The minimum absolute atomic E-state index is 0.154. The number of carbonyl (C=O) groups is 1. The van der Waals surface area contributed by atoms with E-state index in [9.17, 15) is 4.79 Å². The van der Waals surface area contributed by atoms with Gasteiger partial charge >= 0.3 is 0 Å². The van der Waals surface area contributed by atoms with Crippen LogP contribution in [0.5, 0.6) is 0 Å². The molecule has 0 aliphatic rings. The van der Waals surface area contributed by atoms with Crippen LogP contribution in [0.4, 0.5) is 5.69 Å². The van der Waals surface area contributed by atoms with E-state index in [0.29, 0.717) is 28.2 Å². The first-order chi connectivity index (χ1) is 12.1. The summed E-state index contributed by atoms with van der Waals surface area (Å²) in [6, 6.07) is 15.3. The van der Waals surface area contributed by atoms with Crippen LogP contribution in [0.15, 0.2) is 58.2 Å². The summed E-state index contributed by atoms with van der Waals surface area (Å²) in [5, 5.41) is 11.8. The average molecular weight is 374 g/mol. The molecule has 5 nitrogen and oxygen atoms in total. The zero-order valence-electron chi connectivity index (χ0n) is 13.5. The summed E-state index contributed by atoms with van der Waals surface area (Å²) in [5.74, 6) is 0.553. The van der Waals surface area contributed by atoms with E-state index < -0.39 is 0 Å². The number of hydrogen-bond donors (Lipinski definition) is 1. The number of amides is 1. The van der Waals surface area contributed by atoms with Crippen LogP contribution in [0.2, 0.25) is 5.02 Å². The van der Waals surface area contributed by atoms with E-state index in [4.69, 9.17) is 16.0 Å². The van der Waals surface area contributed by atoms with Gasteiger partial charge < -0.3 is 9.73 Å². The summed E-state index contributed by atoms with van der Waals surface area (Å²) in [5.41, 5.74) is 2.63. The fourth-order valence-corrected chi connectivity index (χ4v) is 2.95. The van der Waals surface area contributed by atoms with Crippen molar-refractivity contribution in [3.63, 3.8) is 0 Å². The van der Waals surface area contributed by atoms with Crippen molar-refractivity contribution in [1.82, 2.24) is 10.2 Å². The Kier molecular flexibility index (Phi) is 5.73. The first-order valence-corrected chi connectivity index (χ1v) is 9.02. The molecule has 0 aliphatic heterocycles. The number of halogens is 1.